The molecule has 0 radical (unpaired) electrons. The fraction of sp³-hybridized carbons (Fsp3) is 0.400. The number of rotatable bonds is 8. The molecule has 0 unspecified atom stereocenters. The number of hydrogen-bond donors (Lipinski definition) is 2. The number of nitrogens with zero attached hydrogens (tertiary/aromatic N) is 2. The number of methoxy groups -OCH3 is 2. The molecule has 2 N–H and O–H groups in total. The van der Waals surface area contributed by atoms with Crippen LogP contribution in [0.2, 0.25) is 0 Å². The highest BCUT2D eigenvalue weighted by molar-refractivity contribution is 5.40. The minimum Gasteiger partial charge on any atom is -0.497 e. The van der Waals surface area contributed by atoms with Gasteiger partial charge in [0.05, 0.1) is 20.8 Å². The Labute approximate surface area is 124 Å². The first-order chi connectivity index (χ1) is 10.3. The lowest BCUT2D eigenvalue weighted by Crippen LogP contribution is -2.26. The highest BCUT2D eigenvalue weighted by Crippen LogP contribution is 2.26. The van der Waals surface area contributed by atoms with E-state index in [9.17, 15) is 5.11 Å². The second kappa shape index (κ2) is 7.66. The average molecular weight is 291 g/mol. The quantitative estimate of drug-likeness (QED) is 0.770. The van der Waals surface area contributed by atoms with Gasteiger partial charge in [-0.15, -0.1) is 0 Å². The molecule has 0 saturated heterocycles. The molecule has 0 aliphatic carbocycles. The standard InChI is InChI=1S/C15H21N3O3/c1-20-14-4-3-12(15(9-14)21-2)10-18(7-8-19)11-13-5-6-16-17-13/h3-6,9,19H,7-8,10-11H2,1-2H3,(H,16,17). The zero-order chi connectivity index (χ0) is 15.1. The number of aromatic nitrogens is 2. The number of hydrogen-bond acceptors (Lipinski definition) is 5. The zero-order valence-electron chi connectivity index (χ0n) is 12.4. The first-order valence-electron chi connectivity index (χ1n) is 6.79. The maximum absolute atomic E-state index is 9.23. The molecule has 0 spiro atoms. The van der Waals surface area contributed by atoms with Gasteiger partial charge in [-0.05, 0) is 12.1 Å². The predicted octanol–water partition coefficient (Wildman–Crippen LogP) is 1.42. The van der Waals surface area contributed by atoms with Gasteiger partial charge in [-0.1, -0.05) is 6.07 Å². The summed E-state index contributed by atoms with van der Waals surface area (Å²) in [5, 5.41) is 16.1. The highest BCUT2D eigenvalue weighted by Gasteiger charge is 2.12. The normalized spacial score (nSPS) is 10.9. The number of nitrogens with one attached hydrogen (secondary N) is 1. The summed E-state index contributed by atoms with van der Waals surface area (Å²) in [6, 6.07) is 7.68. The Morgan fingerprint density at radius 1 is 1.19 bits per heavy atom. The molecular weight excluding hydrogens is 270 g/mol. The molecule has 6 heteroatoms. The van der Waals surface area contributed by atoms with Crippen molar-refractivity contribution in [1.29, 1.82) is 0 Å². The molecule has 21 heavy (non-hydrogen) atoms. The molecule has 0 aliphatic rings. The van der Waals surface area contributed by atoms with E-state index >= 15 is 0 Å². The first-order valence-corrected chi connectivity index (χ1v) is 6.79. The van der Waals surface area contributed by atoms with Crippen LogP contribution in [0.15, 0.2) is 30.5 Å². The van der Waals surface area contributed by atoms with Crippen molar-refractivity contribution in [3.05, 3.63) is 41.7 Å². The molecule has 1 aromatic carbocycles. The third-order valence-corrected chi connectivity index (χ3v) is 3.26. The largest absolute Gasteiger partial charge is 0.497 e. The Hall–Kier alpha value is -2.05. The van der Waals surface area contributed by atoms with Gasteiger partial charge in [0.1, 0.15) is 11.5 Å². The monoisotopic (exact) mass is 291 g/mol. The van der Waals surface area contributed by atoms with E-state index in [0.717, 1.165) is 22.8 Å². The van der Waals surface area contributed by atoms with Crippen LogP contribution in [0.25, 0.3) is 0 Å². The van der Waals surface area contributed by atoms with Crippen LogP contribution >= 0.6 is 0 Å². The van der Waals surface area contributed by atoms with Crippen molar-refractivity contribution < 1.29 is 14.6 Å². The van der Waals surface area contributed by atoms with E-state index in [2.05, 4.69) is 15.1 Å². The van der Waals surface area contributed by atoms with Crippen molar-refractivity contribution in [3.63, 3.8) is 0 Å². The fourth-order valence-electron chi connectivity index (χ4n) is 2.19. The summed E-state index contributed by atoms with van der Waals surface area (Å²) in [4.78, 5) is 2.12. The minimum absolute atomic E-state index is 0.104. The minimum atomic E-state index is 0.104. The summed E-state index contributed by atoms with van der Waals surface area (Å²) >= 11 is 0. The Bertz CT molecular complexity index is 543. The summed E-state index contributed by atoms with van der Waals surface area (Å²) in [7, 11) is 3.27. The molecule has 114 valence electrons. The van der Waals surface area contributed by atoms with Gasteiger partial charge in [-0.3, -0.25) is 10.00 Å². The lowest BCUT2D eigenvalue weighted by Gasteiger charge is -2.22. The topological polar surface area (TPSA) is 70.6 Å². The number of aliphatic hydroxyl groups excluding tert-OH is 1. The molecule has 2 rings (SSSR count). The van der Waals surface area contributed by atoms with E-state index in [0.29, 0.717) is 19.6 Å². The summed E-state index contributed by atoms with van der Waals surface area (Å²) in [5.74, 6) is 1.54. The number of ether oxygens (including phenoxy) is 2. The SMILES string of the molecule is COc1ccc(CN(CCO)Cc2ccn[nH]2)c(OC)c1. The third-order valence-electron chi connectivity index (χ3n) is 3.26. The van der Waals surface area contributed by atoms with Crippen LogP contribution in [-0.2, 0) is 13.1 Å². The maximum Gasteiger partial charge on any atom is 0.127 e. The van der Waals surface area contributed by atoms with Gasteiger partial charge in [-0.2, -0.15) is 5.10 Å². The van der Waals surface area contributed by atoms with Crippen LogP contribution in [0.4, 0.5) is 0 Å². The molecule has 6 nitrogen and oxygen atoms in total. The highest BCUT2D eigenvalue weighted by atomic mass is 16.5. The lowest BCUT2D eigenvalue weighted by atomic mass is 10.1. The molecule has 0 amide bonds. The smallest absolute Gasteiger partial charge is 0.127 e. The number of aliphatic hydroxyl groups is 1. The Kier molecular flexibility index (Phi) is 5.59. The van der Waals surface area contributed by atoms with E-state index < -0.39 is 0 Å². The Morgan fingerprint density at radius 3 is 2.67 bits per heavy atom. The van der Waals surface area contributed by atoms with E-state index in [1.165, 1.54) is 0 Å². The molecule has 0 fully saturated rings. The molecule has 0 bridgehead atoms. The van der Waals surface area contributed by atoms with Crippen molar-refractivity contribution in [2.75, 3.05) is 27.4 Å². The van der Waals surface area contributed by atoms with E-state index in [1.807, 2.05) is 24.3 Å². The van der Waals surface area contributed by atoms with Crippen LogP contribution in [0, 0.1) is 0 Å². The average Bonchev–Trinajstić information content (AvgIpc) is 3.00. The number of benzene rings is 1. The Morgan fingerprint density at radius 2 is 2.05 bits per heavy atom. The van der Waals surface area contributed by atoms with Crippen molar-refractivity contribution in [2.45, 2.75) is 13.1 Å². The van der Waals surface area contributed by atoms with Gasteiger partial charge < -0.3 is 14.6 Å². The van der Waals surface area contributed by atoms with Crippen LogP contribution in [-0.4, -0.2) is 47.6 Å². The lowest BCUT2D eigenvalue weighted by molar-refractivity contribution is 0.181. The summed E-state index contributed by atoms with van der Waals surface area (Å²) in [6.45, 7) is 2.04. The maximum atomic E-state index is 9.23. The number of H-pyrrole nitrogens is 1. The van der Waals surface area contributed by atoms with Gasteiger partial charge >= 0.3 is 0 Å². The number of aromatic amines is 1. The van der Waals surface area contributed by atoms with Crippen molar-refractivity contribution in [3.8, 4) is 11.5 Å². The second-order valence-corrected chi connectivity index (χ2v) is 4.69. The molecular formula is C15H21N3O3. The van der Waals surface area contributed by atoms with Crippen LogP contribution in [0.5, 0.6) is 11.5 Å². The summed E-state index contributed by atoms with van der Waals surface area (Å²) in [6.07, 6.45) is 1.72. The summed E-state index contributed by atoms with van der Waals surface area (Å²) < 4.78 is 10.6. The molecule has 1 heterocycles. The third kappa shape index (κ3) is 4.21. The van der Waals surface area contributed by atoms with Crippen molar-refractivity contribution in [2.24, 2.45) is 0 Å². The predicted molar refractivity (Wildman–Crippen MR) is 79.3 cm³/mol. The first kappa shape index (κ1) is 15.3. The summed E-state index contributed by atoms with van der Waals surface area (Å²) in [5.41, 5.74) is 2.06. The van der Waals surface area contributed by atoms with Gasteiger partial charge in [0.2, 0.25) is 0 Å². The van der Waals surface area contributed by atoms with Crippen LogP contribution in [0.1, 0.15) is 11.3 Å². The molecule has 2 aromatic rings. The molecule has 0 saturated carbocycles. The van der Waals surface area contributed by atoms with Crippen molar-refractivity contribution in [1.82, 2.24) is 15.1 Å². The van der Waals surface area contributed by atoms with Crippen LogP contribution in [0.3, 0.4) is 0 Å². The van der Waals surface area contributed by atoms with Crippen molar-refractivity contribution >= 4 is 0 Å². The van der Waals surface area contributed by atoms with Gasteiger partial charge in [0.15, 0.2) is 0 Å². The fourth-order valence-corrected chi connectivity index (χ4v) is 2.19. The van der Waals surface area contributed by atoms with E-state index in [1.54, 1.807) is 20.4 Å². The van der Waals surface area contributed by atoms with E-state index in [4.69, 9.17) is 9.47 Å². The molecule has 1 aromatic heterocycles. The molecule has 0 aliphatic heterocycles. The zero-order valence-corrected chi connectivity index (χ0v) is 12.4. The van der Waals surface area contributed by atoms with E-state index in [-0.39, 0.29) is 6.61 Å². The van der Waals surface area contributed by atoms with Gasteiger partial charge in [0, 0.05) is 43.2 Å². The molecule has 0 atom stereocenters. The van der Waals surface area contributed by atoms with Crippen LogP contribution < -0.4 is 9.47 Å². The second-order valence-electron chi connectivity index (χ2n) is 4.69. The Balaban J connectivity index is 2.12. The van der Waals surface area contributed by atoms with Gasteiger partial charge in [-0.25, -0.2) is 0 Å². The van der Waals surface area contributed by atoms with Gasteiger partial charge in [0.25, 0.3) is 0 Å².